The zero-order valence-electron chi connectivity index (χ0n) is 24.6. The number of amides is 3. The molecule has 3 amide bonds. The minimum absolute atomic E-state index is 0.101. The van der Waals surface area contributed by atoms with Gasteiger partial charge in [0.2, 0.25) is 11.8 Å². The van der Waals surface area contributed by atoms with Crippen molar-refractivity contribution in [3.8, 4) is 0 Å². The van der Waals surface area contributed by atoms with E-state index >= 15 is 0 Å². The molecule has 4 rings (SSSR count). The molecule has 1 unspecified atom stereocenters. The number of fused-ring (bicyclic) bond motifs is 1. The summed E-state index contributed by atoms with van der Waals surface area (Å²) in [5.74, 6) is -3.73. The van der Waals surface area contributed by atoms with Gasteiger partial charge in [0.25, 0.3) is 5.91 Å². The summed E-state index contributed by atoms with van der Waals surface area (Å²) in [6.45, 7) is 12.4. The Kier molecular flexibility index (Phi) is 10.4. The van der Waals surface area contributed by atoms with Gasteiger partial charge in [-0.15, -0.1) is 13.2 Å². The molecule has 3 aliphatic rings. The molecule has 1 spiro atoms. The first-order chi connectivity index (χ1) is 20.4. The average Bonchev–Trinajstić information content (AvgIpc) is 3.56. The van der Waals surface area contributed by atoms with Crippen LogP contribution in [-0.4, -0.2) is 88.1 Å². The molecule has 12 heteroatoms. The van der Waals surface area contributed by atoms with E-state index in [1.54, 1.807) is 38.1 Å². The van der Waals surface area contributed by atoms with E-state index in [-0.39, 0.29) is 30.2 Å². The summed E-state index contributed by atoms with van der Waals surface area (Å²) in [5.41, 5.74) is -0.109. The number of aliphatic hydroxyl groups is 1. The Morgan fingerprint density at radius 2 is 2.05 bits per heavy atom. The fourth-order valence-corrected chi connectivity index (χ4v) is 7.88. The van der Waals surface area contributed by atoms with Crippen LogP contribution in [0.3, 0.4) is 0 Å². The lowest BCUT2D eigenvalue weighted by Gasteiger charge is -2.39. The molecule has 0 aromatic heterocycles. The van der Waals surface area contributed by atoms with Gasteiger partial charge in [0.1, 0.15) is 17.7 Å². The quantitative estimate of drug-likeness (QED) is 0.186. The molecule has 1 aromatic rings. The lowest BCUT2D eigenvalue weighted by molar-refractivity contribution is -0.159. The first-order valence-electron chi connectivity index (χ1n) is 14.4. The summed E-state index contributed by atoms with van der Waals surface area (Å²) in [4.78, 5) is 57.0. The Morgan fingerprint density at radius 3 is 2.67 bits per heavy atom. The van der Waals surface area contributed by atoms with Crippen molar-refractivity contribution in [2.24, 2.45) is 11.8 Å². The molecular weight excluding hydrogens is 642 g/mol. The predicted molar refractivity (Wildman–Crippen MR) is 166 cm³/mol. The van der Waals surface area contributed by atoms with Gasteiger partial charge >= 0.3 is 5.97 Å². The van der Waals surface area contributed by atoms with Crippen molar-refractivity contribution in [3.05, 3.63) is 54.1 Å². The van der Waals surface area contributed by atoms with Crippen molar-refractivity contribution >= 4 is 56.9 Å². The summed E-state index contributed by atoms with van der Waals surface area (Å²) in [5, 5.41) is 13.2. The van der Waals surface area contributed by atoms with Crippen LogP contribution in [0.2, 0.25) is 5.02 Å². The number of carbonyl (C=O) groups is 4. The predicted octanol–water partition coefficient (Wildman–Crippen LogP) is 3.31. The third-order valence-electron chi connectivity index (χ3n) is 8.49. The minimum Gasteiger partial charge on any atom is -0.460 e. The number of ether oxygens (including phenoxy) is 2. The second-order valence-corrected chi connectivity index (χ2v) is 13.0. The molecule has 0 aliphatic carbocycles. The fourth-order valence-electron chi connectivity index (χ4n) is 6.61. The summed E-state index contributed by atoms with van der Waals surface area (Å²) in [6, 6.07) is 3.42. The monoisotopic (exact) mass is 679 g/mol. The van der Waals surface area contributed by atoms with E-state index in [9.17, 15) is 24.3 Å². The molecule has 3 aliphatic heterocycles. The number of hydrogen-bond acceptors (Lipinski definition) is 7. The third-order valence-corrected chi connectivity index (χ3v) is 9.64. The van der Waals surface area contributed by atoms with Gasteiger partial charge in [-0.1, -0.05) is 51.8 Å². The summed E-state index contributed by atoms with van der Waals surface area (Å²) >= 11 is 10.2. The maximum Gasteiger partial charge on any atom is 0.312 e. The topological polar surface area (TPSA) is 125 Å². The van der Waals surface area contributed by atoms with E-state index in [1.165, 1.54) is 9.80 Å². The van der Waals surface area contributed by atoms with Crippen molar-refractivity contribution in [2.75, 3.05) is 24.6 Å². The molecule has 0 radical (unpaired) electrons. The van der Waals surface area contributed by atoms with Crippen molar-refractivity contribution in [1.29, 1.82) is 0 Å². The highest BCUT2D eigenvalue weighted by atomic mass is 79.9. The van der Waals surface area contributed by atoms with E-state index in [0.29, 0.717) is 23.6 Å². The lowest BCUT2D eigenvalue weighted by Crippen LogP contribution is -2.59. The number of aliphatic hydroxyl groups excluding tert-OH is 1. The van der Waals surface area contributed by atoms with E-state index in [4.69, 9.17) is 21.1 Å². The normalized spacial score (nSPS) is 28.7. The van der Waals surface area contributed by atoms with Crippen LogP contribution < -0.4 is 10.2 Å². The maximum atomic E-state index is 14.6. The molecule has 234 valence electrons. The Morgan fingerprint density at radius 1 is 1.33 bits per heavy atom. The number of para-hydroxylation sites is 1. The molecule has 3 saturated heterocycles. The Labute approximate surface area is 265 Å². The van der Waals surface area contributed by atoms with Gasteiger partial charge in [0.15, 0.2) is 0 Å². The van der Waals surface area contributed by atoms with E-state index in [0.717, 1.165) is 5.56 Å². The van der Waals surface area contributed by atoms with Gasteiger partial charge in [0.05, 0.1) is 47.8 Å². The third kappa shape index (κ3) is 6.01. The highest BCUT2D eigenvalue weighted by Gasteiger charge is 2.77. The number of alkyl halides is 1. The highest BCUT2D eigenvalue weighted by molar-refractivity contribution is 9.09. The molecule has 3 fully saturated rings. The van der Waals surface area contributed by atoms with E-state index in [2.05, 4.69) is 34.4 Å². The Balaban J connectivity index is 1.68. The van der Waals surface area contributed by atoms with Crippen LogP contribution in [0, 0.1) is 18.8 Å². The number of nitrogens with zero attached hydrogens (tertiary/aromatic N) is 2. The van der Waals surface area contributed by atoms with Crippen LogP contribution in [0.1, 0.15) is 38.7 Å². The van der Waals surface area contributed by atoms with Gasteiger partial charge in [0, 0.05) is 17.8 Å². The van der Waals surface area contributed by atoms with E-state index < -0.39 is 66.1 Å². The summed E-state index contributed by atoms with van der Waals surface area (Å²) in [6.07, 6.45) is 2.94. The van der Waals surface area contributed by atoms with Gasteiger partial charge < -0.3 is 29.7 Å². The molecular formula is C31H39BrClN3O7. The number of esters is 1. The summed E-state index contributed by atoms with van der Waals surface area (Å²) < 4.78 is 12.3. The highest BCUT2D eigenvalue weighted by Crippen LogP contribution is 2.61. The molecule has 2 N–H and O–H groups in total. The van der Waals surface area contributed by atoms with Gasteiger partial charge in [-0.2, -0.15) is 0 Å². The first kappa shape index (κ1) is 33.2. The number of allylic oxidation sites excluding steroid dienone is 1. The standard InChI is InChI=1S/C31H39BrClN3O7/c1-6-8-12-22(38)34-15-19(5)42-30(41)23-24-28(39)36(18(4)16-37)27(31(24)14-20(32)26(23)43-31)29(40)35(13-7-2)25-17(3)10-9-11-21(25)33/h6-7,9-11,18-20,23-24,26-27,37H,1-2,8,12-16H2,3-5H3,(H,34,38)/t18-,19-,20?,23+,24-,26+,27+,31-/m1/s1. The zero-order valence-corrected chi connectivity index (χ0v) is 27.0. The zero-order chi connectivity index (χ0) is 31.6. The van der Waals surface area contributed by atoms with Crippen LogP contribution in [0.25, 0.3) is 0 Å². The van der Waals surface area contributed by atoms with Crippen LogP contribution >= 0.6 is 27.5 Å². The molecule has 1 aromatic carbocycles. The van der Waals surface area contributed by atoms with Crippen LogP contribution in [-0.2, 0) is 28.7 Å². The van der Waals surface area contributed by atoms with Crippen LogP contribution in [0.4, 0.5) is 5.69 Å². The number of carbonyl (C=O) groups excluding carboxylic acids is 4. The number of aryl methyl sites for hydroxylation is 1. The number of halogens is 2. The number of hydrogen-bond donors (Lipinski definition) is 2. The largest absolute Gasteiger partial charge is 0.460 e. The molecule has 10 nitrogen and oxygen atoms in total. The molecule has 8 atom stereocenters. The number of rotatable bonds is 13. The molecule has 2 bridgehead atoms. The average molecular weight is 681 g/mol. The lowest BCUT2D eigenvalue weighted by atomic mass is 9.70. The van der Waals surface area contributed by atoms with Crippen molar-refractivity contribution < 1.29 is 33.8 Å². The Bertz CT molecular complexity index is 1270. The van der Waals surface area contributed by atoms with Crippen LogP contribution in [0.15, 0.2) is 43.5 Å². The summed E-state index contributed by atoms with van der Waals surface area (Å²) in [7, 11) is 0. The van der Waals surface area contributed by atoms with Gasteiger partial charge in [-0.05, 0) is 45.2 Å². The Hall–Kier alpha value is -2.73. The van der Waals surface area contributed by atoms with Crippen molar-refractivity contribution in [1.82, 2.24) is 10.2 Å². The first-order valence-corrected chi connectivity index (χ1v) is 15.7. The number of anilines is 1. The second kappa shape index (κ2) is 13.5. The molecule has 3 heterocycles. The van der Waals surface area contributed by atoms with Crippen molar-refractivity contribution in [2.45, 2.75) is 74.8 Å². The number of benzene rings is 1. The molecule has 43 heavy (non-hydrogen) atoms. The van der Waals surface area contributed by atoms with Crippen molar-refractivity contribution in [3.63, 3.8) is 0 Å². The second-order valence-electron chi connectivity index (χ2n) is 11.5. The van der Waals surface area contributed by atoms with E-state index in [1.807, 2.05) is 13.0 Å². The SMILES string of the molecule is C=CCCC(=O)NC[C@@H](C)OC(=O)[C@@H]1[C@H]2O[C@@]3(CC2Br)[C@H](C(=O)N(CC=C)c2c(C)cccc2Cl)N([C@H](C)CO)C(=O)[C@@H]13. The minimum atomic E-state index is -1.35. The fraction of sp³-hybridized carbons (Fsp3) is 0.548. The van der Waals surface area contributed by atoms with Gasteiger partial charge in [-0.3, -0.25) is 19.2 Å². The maximum absolute atomic E-state index is 14.6. The number of nitrogens with one attached hydrogen (secondary N) is 1. The molecule has 0 saturated carbocycles. The number of likely N-dealkylation sites (tertiary alicyclic amines) is 1. The van der Waals surface area contributed by atoms with Gasteiger partial charge in [-0.25, -0.2) is 0 Å². The smallest absolute Gasteiger partial charge is 0.312 e. The van der Waals surface area contributed by atoms with Crippen LogP contribution in [0.5, 0.6) is 0 Å².